The highest BCUT2D eigenvalue weighted by atomic mass is 19.4. The van der Waals surface area contributed by atoms with Gasteiger partial charge in [0.2, 0.25) is 0 Å². The Morgan fingerprint density at radius 3 is 2.12 bits per heavy atom. The van der Waals surface area contributed by atoms with Crippen LogP contribution in [0.25, 0.3) is 0 Å². The second-order valence-electron chi connectivity index (χ2n) is 8.68. The first-order chi connectivity index (χ1) is 15.7. The Balaban J connectivity index is 0.000000569. The first-order valence-corrected chi connectivity index (χ1v) is 11.5. The third-order valence-corrected chi connectivity index (χ3v) is 5.79. The molecule has 1 atom stereocenters. The van der Waals surface area contributed by atoms with E-state index in [-0.39, 0.29) is 22.7 Å². The summed E-state index contributed by atoms with van der Waals surface area (Å²) in [6.45, 7) is 7.48. The zero-order valence-electron chi connectivity index (χ0n) is 19.9. The van der Waals surface area contributed by atoms with Crippen LogP contribution in [-0.4, -0.2) is 26.2 Å². The van der Waals surface area contributed by atoms with Gasteiger partial charge in [-0.2, -0.15) is 13.2 Å². The number of hydrogen-bond donors (Lipinski definition) is 2. The van der Waals surface area contributed by atoms with Crippen LogP contribution in [0.4, 0.5) is 18.9 Å². The smallest absolute Gasteiger partial charge is 0.387 e. The molecule has 0 saturated carbocycles. The Labute approximate surface area is 194 Å². The van der Waals surface area contributed by atoms with Crippen molar-refractivity contribution in [2.45, 2.75) is 58.7 Å². The van der Waals surface area contributed by atoms with Gasteiger partial charge in [0, 0.05) is 18.2 Å². The van der Waals surface area contributed by atoms with Crippen molar-refractivity contribution in [3.05, 3.63) is 65.2 Å². The molecule has 182 valence electrons. The fourth-order valence-corrected chi connectivity index (χ4v) is 3.73. The van der Waals surface area contributed by atoms with Crippen molar-refractivity contribution >= 4 is 11.6 Å². The van der Waals surface area contributed by atoms with E-state index in [1.165, 1.54) is 38.8 Å². The number of alkyl halides is 3. The number of anilines is 1. The van der Waals surface area contributed by atoms with Crippen molar-refractivity contribution in [3.8, 4) is 0 Å². The van der Waals surface area contributed by atoms with Gasteiger partial charge in [-0.05, 0) is 23.8 Å². The molecule has 1 aliphatic heterocycles. The van der Waals surface area contributed by atoms with E-state index in [2.05, 4.69) is 24.5 Å². The highest BCUT2D eigenvalue weighted by molar-refractivity contribution is 6.00. The SMILES string of the molecule is CCCCCC.CNc1cc(C(F)(F)F)ccc1C(=O)NC(c1ccccc1)C1(C)COC1. The molecule has 2 aromatic rings. The van der Waals surface area contributed by atoms with Crippen molar-refractivity contribution in [2.24, 2.45) is 5.41 Å². The van der Waals surface area contributed by atoms with E-state index in [4.69, 9.17) is 4.74 Å². The topological polar surface area (TPSA) is 50.4 Å². The lowest BCUT2D eigenvalue weighted by molar-refractivity contribution is -0.137. The average Bonchev–Trinajstić information content (AvgIpc) is 2.79. The summed E-state index contributed by atoms with van der Waals surface area (Å²) < 4.78 is 44.1. The second-order valence-corrected chi connectivity index (χ2v) is 8.68. The number of carbonyl (C=O) groups is 1. The molecule has 1 amide bonds. The normalized spacial score (nSPS) is 15.5. The van der Waals surface area contributed by atoms with Gasteiger partial charge in [0.05, 0.1) is 30.4 Å². The van der Waals surface area contributed by atoms with E-state index in [0.717, 1.165) is 17.7 Å². The van der Waals surface area contributed by atoms with Crippen LogP contribution in [0.5, 0.6) is 0 Å². The Bertz CT molecular complexity index is 877. The molecular weight excluding hydrogens is 429 g/mol. The monoisotopic (exact) mass is 464 g/mol. The number of nitrogens with one attached hydrogen (secondary N) is 2. The van der Waals surface area contributed by atoms with Crippen LogP contribution >= 0.6 is 0 Å². The molecule has 33 heavy (non-hydrogen) atoms. The number of amides is 1. The standard InChI is InChI=1S/C20H21F3N2O2.C6H14/c1-19(11-27-12-19)17(13-6-4-3-5-7-13)25-18(26)15-9-8-14(20(21,22)23)10-16(15)24-2;1-3-5-6-4-2/h3-10,17,24H,11-12H2,1-2H3,(H,25,26);3-6H2,1-2H3. The number of benzene rings is 2. The summed E-state index contributed by atoms with van der Waals surface area (Å²) in [6, 6.07) is 12.2. The third kappa shape index (κ3) is 7.22. The molecule has 1 aliphatic rings. The minimum Gasteiger partial charge on any atom is -0.387 e. The van der Waals surface area contributed by atoms with Gasteiger partial charge in [-0.1, -0.05) is 76.8 Å². The minimum atomic E-state index is -4.47. The number of halogens is 3. The quantitative estimate of drug-likeness (QED) is 0.421. The van der Waals surface area contributed by atoms with E-state index in [0.29, 0.717) is 13.2 Å². The predicted octanol–water partition coefficient (Wildman–Crippen LogP) is 6.84. The maximum Gasteiger partial charge on any atom is 0.416 e. The van der Waals surface area contributed by atoms with E-state index in [9.17, 15) is 18.0 Å². The molecule has 2 N–H and O–H groups in total. The van der Waals surface area contributed by atoms with Gasteiger partial charge in [-0.3, -0.25) is 4.79 Å². The lowest BCUT2D eigenvalue weighted by Crippen LogP contribution is -2.51. The van der Waals surface area contributed by atoms with Crippen LogP contribution < -0.4 is 10.6 Å². The molecule has 4 nitrogen and oxygen atoms in total. The fraction of sp³-hybridized carbons (Fsp3) is 0.500. The zero-order valence-corrected chi connectivity index (χ0v) is 19.9. The van der Waals surface area contributed by atoms with Gasteiger partial charge in [0.1, 0.15) is 0 Å². The number of ether oxygens (including phenoxy) is 1. The van der Waals surface area contributed by atoms with Crippen LogP contribution in [-0.2, 0) is 10.9 Å². The summed E-state index contributed by atoms with van der Waals surface area (Å²) in [5.41, 5.74) is 0.138. The molecule has 1 fully saturated rings. The molecule has 2 aromatic carbocycles. The largest absolute Gasteiger partial charge is 0.416 e. The maximum atomic E-state index is 12.9. The highest BCUT2D eigenvalue weighted by Crippen LogP contribution is 2.40. The van der Waals surface area contributed by atoms with E-state index < -0.39 is 17.6 Å². The van der Waals surface area contributed by atoms with Crippen LogP contribution in [0.15, 0.2) is 48.5 Å². The van der Waals surface area contributed by atoms with Crippen LogP contribution in [0, 0.1) is 5.41 Å². The molecule has 7 heteroatoms. The van der Waals surface area contributed by atoms with Crippen molar-refractivity contribution in [2.75, 3.05) is 25.6 Å². The number of hydrogen-bond acceptors (Lipinski definition) is 3. The summed E-state index contributed by atoms with van der Waals surface area (Å²) in [5.74, 6) is -0.435. The van der Waals surface area contributed by atoms with Gasteiger partial charge in [0.25, 0.3) is 5.91 Å². The lowest BCUT2D eigenvalue weighted by atomic mass is 9.77. The first-order valence-electron chi connectivity index (χ1n) is 11.5. The van der Waals surface area contributed by atoms with Crippen molar-refractivity contribution < 1.29 is 22.7 Å². The summed E-state index contributed by atoms with van der Waals surface area (Å²) in [7, 11) is 1.49. The van der Waals surface area contributed by atoms with E-state index >= 15 is 0 Å². The van der Waals surface area contributed by atoms with Crippen LogP contribution in [0.3, 0.4) is 0 Å². The maximum absolute atomic E-state index is 12.9. The Kier molecular flexibility index (Phi) is 9.77. The molecule has 3 rings (SSSR count). The molecule has 0 aliphatic carbocycles. The van der Waals surface area contributed by atoms with Gasteiger partial charge < -0.3 is 15.4 Å². The lowest BCUT2D eigenvalue weighted by Gasteiger charge is -2.44. The summed E-state index contributed by atoms with van der Waals surface area (Å²) in [5, 5.41) is 5.67. The minimum absolute atomic E-state index is 0.129. The average molecular weight is 465 g/mol. The molecule has 0 bridgehead atoms. The Morgan fingerprint density at radius 1 is 1.06 bits per heavy atom. The summed E-state index contributed by atoms with van der Waals surface area (Å²) in [4.78, 5) is 12.9. The van der Waals surface area contributed by atoms with Crippen molar-refractivity contribution in [1.29, 1.82) is 0 Å². The molecular formula is C26H35F3N2O2. The van der Waals surface area contributed by atoms with Gasteiger partial charge in [-0.15, -0.1) is 0 Å². The van der Waals surface area contributed by atoms with Crippen LogP contribution in [0.1, 0.15) is 74.0 Å². The molecule has 0 spiro atoms. The van der Waals surface area contributed by atoms with Crippen molar-refractivity contribution in [1.82, 2.24) is 5.32 Å². The van der Waals surface area contributed by atoms with E-state index in [1.54, 1.807) is 0 Å². The van der Waals surface area contributed by atoms with E-state index in [1.807, 2.05) is 37.3 Å². The first kappa shape index (κ1) is 26.7. The summed E-state index contributed by atoms with van der Waals surface area (Å²) >= 11 is 0. The molecule has 0 radical (unpaired) electrons. The van der Waals surface area contributed by atoms with Crippen LogP contribution in [0.2, 0.25) is 0 Å². The van der Waals surface area contributed by atoms with Crippen molar-refractivity contribution in [3.63, 3.8) is 0 Å². The number of unbranched alkanes of at least 4 members (excludes halogenated alkanes) is 3. The fourth-order valence-electron chi connectivity index (χ4n) is 3.73. The molecule has 1 unspecified atom stereocenters. The van der Waals surface area contributed by atoms with Gasteiger partial charge >= 0.3 is 6.18 Å². The molecule has 1 saturated heterocycles. The number of rotatable bonds is 8. The van der Waals surface area contributed by atoms with Gasteiger partial charge in [0.15, 0.2) is 0 Å². The molecule has 0 aromatic heterocycles. The predicted molar refractivity (Wildman–Crippen MR) is 126 cm³/mol. The van der Waals surface area contributed by atoms with Gasteiger partial charge in [-0.25, -0.2) is 0 Å². The second kappa shape index (κ2) is 12.1. The molecule has 1 heterocycles. The third-order valence-electron chi connectivity index (χ3n) is 5.79. The Morgan fingerprint density at radius 2 is 1.67 bits per heavy atom. The Hall–Kier alpha value is -2.54. The highest BCUT2D eigenvalue weighted by Gasteiger charge is 2.43. The number of carbonyl (C=O) groups excluding carboxylic acids is 1. The zero-order chi connectivity index (χ0) is 24.5. The summed E-state index contributed by atoms with van der Waals surface area (Å²) in [6.07, 6.45) is 1.07.